The third-order valence-electron chi connectivity index (χ3n) is 8.64. The van der Waals surface area contributed by atoms with Gasteiger partial charge in [-0.15, -0.1) is 0 Å². The van der Waals surface area contributed by atoms with Gasteiger partial charge >= 0.3 is 5.97 Å². The van der Waals surface area contributed by atoms with Gasteiger partial charge in [0.05, 0.1) is 12.0 Å². The van der Waals surface area contributed by atoms with Gasteiger partial charge in [0.2, 0.25) is 5.91 Å². The first-order valence-electron chi connectivity index (χ1n) is 12.8. The summed E-state index contributed by atoms with van der Waals surface area (Å²) >= 11 is 0. The molecule has 4 aliphatic carbocycles. The number of ether oxygens (including phenoxy) is 1. The maximum Gasteiger partial charge on any atom is 0.312 e. The van der Waals surface area contributed by atoms with Gasteiger partial charge in [0, 0.05) is 31.9 Å². The molecule has 1 aromatic carbocycles. The average molecular weight is 468 g/mol. The number of carbonyl (C=O) groups is 3. The van der Waals surface area contributed by atoms with Crippen molar-refractivity contribution >= 4 is 23.5 Å². The number of hydrogen-bond acceptors (Lipinski definition) is 5. The maximum absolute atomic E-state index is 13.0. The fraction of sp³-hybridized carbons (Fsp3) is 0.667. The van der Waals surface area contributed by atoms with Crippen molar-refractivity contribution in [2.24, 2.45) is 23.2 Å². The standard InChI is InChI=1S/C27H37N3O4/c1-18-4-3-5-19(2)25(18)28-23(31)16-29-6-8-30(9-7-29)24(32)17-34-26(33)27-13-20-10-21(14-27)12-22(11-20)15-27/h3-5,20-22H,6-17H2,1-2H3,(H,28,31). The third kappa shape index (κ3) is 4.72. The Kier molecular flexibility index (Phi) is 6.40. The predicted octanol–water partition coefficient (Wildman–Crippen LogP) is 3.15. The number of piperazine rings is 1. The highest BCUT2D eigenvalue weighted by molar-refractivity contribution is 5.93. The van der Waals surface area contributed by atoms with Gasteiger partial charge in [-0.05, 0) is 81.3 Å². The van der Waals surface area contributed by atoms with Crippen LogP contribution in [0.25, 0.3) is 0 Å². The van der Waals surface area contributed by atoms with E-state index in [0.717, 1.165) is 36.1 Å². The lowest BCUT2D eigenvalue weighted by Crippen LogP contribution is -2.52. The van der Waals surface area contributed by atoms with Gasteiger partial charge in [0.15, 0.2) is 6.61 Å². The normalized spacial score (nSPS) is 30.3. The van der Waals surface area contributed by atoms with Crippen LogP contribution in [0, 0.1) is 37.0 Å². The zero-order valence-electron chi connectivity index (χ0n) is 20.5. The molecule has 5 fully saturated rings. The molecule has 0 atom stereocenters. The highest BCUT2D eigenvalue weighted by atomic mass is 16.5. The van der Waals surface area contributed by atoms with E-state index >= 15 is 0 Å². The van der Waals surface area contributed by atoms with Crippen LogP contribution in [0.2, 0.25) is 0 Å². The number of carbonyl (C=O) groups excluding carboxylic acids is 3. The lowest BCUT2D eigenvalue weighted by molar-refractivity contribution is -0.174. The van der Waals surface area contributed by atoms with Crippen LogP contribution in [0.4, 0.5) is 5.69 Å². The zero-order chi connectivity index (χ0) is 23.9. The van der Waals surface area contributed by atoms with Crippen LogP contribution >= 0.6 is 0 Å². The lowest BCUT2D eigenvalue weighted by atomic mass is 9.49. The fourth-order valence-corrected chi connectivity index (χ4v) is 7.28. The number of esters is 1. The molecule has 1 N–H and O–H groups in total. The molecule has 1 aliphatic heterocycles. The van der Waals surface area contributed by atoms with Crippen LogP contribution in [0.1, 0.15) is 49.7 Å². The molecule has 6 rings (SSSR count). The second kappa shape index (κ2) is 9.33. The Balaban J connectivity index is 1.06. The molecule has 7 nitrogen and oxygen atoms in total. The van der Waals surface area contributed by atoms with Crippen LogP contribution in [0.5, 0.6) is 0 Å². The molecule has 4 saturated carbocycles. The molecular formula is C27H37N3O4. The monoisotopic (exact) mass is 467 g/mol. The number of rotatable bonds is 6. The smallest absolute Gasteiger partial charge is 0.312 e. The van der Waals surface area contributed by atoms with Crippen LogP contribution in [0.3, 0.4) is 0 Å². The Morgan fingerprint density at radius 1 is 0.941 bits per heavy atom. The second-order valence-electron chi connectivity index (χ2n) is 11.2. The van der Waals surface area contributed by atoms with E-state index in [9.17, 15) is 14.4 Å². The zero-order valence-corrected chi connectivity index (χ0v) is 20.5. The molecule has 1 heterocycles. The van der Waals surface area contributed by atoms with Gasteiger partial charge < -0.3 is 15.0 Å². The van der Waals surface area contributed by atoms with Crippen LogP contribution in [-0.2, 0) is 19.1 Å². The predicted molar refractivity (Wildman–Crippen MR) is 129 cm³/mol. The number of benzene rings is 1. The van der Waals surface area contributed by atoms with Crippen molar-refractivity contribution in [3.05, 3.63) is 29.3 Å². The van der Waals surface area contributed by atoms with Gasteiger partial charge in [-0.25, -0.2) is 0 Å². The number of amides is 2. The van der Waals surface area contributed by atoms with Crippen molar-refractivity contribution in [3.8, 4) is 0 Å². The van der Waals surface area contributed by atoms with E-state index < -0.39 is 0 Å². The number of para-hydroxylation sites is 1. The highest BCUT2D eigenvalue weighted by Gasteiger charge is 2.55. The highest BCUT2D eigenvalue weighted by Crippen LogP contribution is 2.60. The molecule has 0 spiro atoms. The van der Waals surface area contributed by atoms with Crippen molar-refractivity contribution in [2.75, 3.05) is 44.6 Å². The number of anilines is 1. The van der Waals surface area contributed by atoms with Crippen LogP contribution in [-0.4, -0.2) is 66.9 Å². The summed E-state index contributed by atoms with van der Waals surface area (Å²) in [5.41, 5.74) is 2.65. The van der Waals surface area contributed by atoms with E-state index in [1.54, 1.807) is 4.90 Å². The first-order chi connectivity index (χ1) is 16.3. The summed E-state index contributed by atoms with van der Waals surface area (Å²) in [6.45, 7) is 6.48. The minimum Gasteiger partial charge on any atom is -0.455 e. The SMILES string of the molecule is Cc1cccc(C)c1NC(=O)CN1CCN(C(=O)COC(=O)C23CC4CC(CC(C4)C2)C3)CC1. The summed E-state index contributed by atoms with van der Waals surface area (Å²) in [6.07, 6.45) is 6.69. The van der Waals surface area contributed by atoms with Crippen molar-refractivity contribution < 1.29 is 19.1 Å². The molecule has 5 aliphatic rings. The Morgan fingerprint density at radius 3 is 2.06 bits per heavy atom. The summed E-state index contributed by atoms with van der Waals surface area (Å²) in [6, 6.07) is 5.96. The molecule has 1 aromatic rings. The van der Waals surface area contributed by atoms with E-state index in [4.69, 9.17) is 4.74 Å². The third-order valence-corrected chi connectivity index (χ3v) is 8.64. The minimum absolute atomic E-state index is 0.0401. The van der Waals surface area contributed by atoms with E-state index in [1.807, 2.05) is 32.0 Å². The molecule has 7 heteroatoms. The van der Waals surface area contributed by atoms with E-state index in [2.05, 4.69) is 10.2 Å². The van der Waals surface area contributed by atoms with E-state index in [1.165, 1.54) is 19.3 Å². The maximum atomic E-state index is 13.0. The van der Waals surface area contributed by atoms with Crippen molar-refractivity contribution in [1.29, 1.82) is 0 Å². The fourth-order valence-electron chi connectivity index (χ4n) is 7.28. The quantitative estimate of drug-likeness (QED) is 0.651. The van der Waals surface area contributed by atoms with Crippen molar-refractivity contribution in [1.82, 2.24) is 9.80 Å². The van der Waals surface area contributed by atoms with Gasteiger partial charge in [-0.1, -0.05) is 18.2 Å². The van der Waals surface area contributed by atoms with Crippen molar-refractivity contribution in [3.63, 3.8) is 0 Å². The molecule has 0 radical (unpaired) electrons. The summed E-state index contributed by atoms with van der Waals surface area (Å²) in [5.74, 6) is 1.72. The Bertz CT molecular complexity index is 911. The number of nitrogens with zero attached hydrogens (tertiary/aromatic N) is 2. The van der Waals surface area contributed by atoms with E-state index in [0.29, 0.717) is 50.5 Å². The van der Waals surface area contributed by atoms with Crippen LogP contribution < -0.4 is 5.32 Å². The van der Waals surface area contributed by atoms with Crippen molar-refractivity contribution in [2.45, 2.75) is 52.4 Å². The molecule has 184 valence electrons. The molecule has 0 aromatic heterocycles. The van der Waals surface area contributed by atoms with Gasteiger partial charge in [0.25, 0.3) is 5.91 Å². The van der Waals surface area contributed by atoms with Gasteiger partial charge in [-0.2, -0.15) is 0 Å². The first kappa shape index (κ1) is 23.3. The largest absolute Gasteiger partial charge is 0.455 e. The lowest BCUT2D eigenvalue weighted by Gasteiger charge is -2.55. The number of hydrogen-bond donors (Lipinski definition) is 1. The summed E-state index contributed by atoms with van der Waals surface area (Å²) in [7, 11) is 0. The summed E-state index contributed by atoms with van der Waals surface area (Å²) in [5, 5.41) is 3.03. The number of nitrogens with one attached hydrogen (secondary N) is 1. The summed E-state index contributed by atoms with van der Waals surface area (Å²) < 4.78 is 5.61. The molecule has 34 heavy (non-hydrogen) atoms. The molecule has 1 saturated heterocycles. The minimum atomic E-state index is -0.323. The first-order valence-corrected chi connectivity index (χ1v) is 12.8. The van der Waals surface area contributed by atoms with Crippen LogP contribution in [0.15, 0.2) is 18.2 Å². The molecule has 0 unspecified atom stereocenters. The summed E-state index contributed by atoms with van der Waals surface area (Å²) in [4.78, 5) is 42.1. The second-order valence-corrected chi connectivity index (χ2v) is 11.2. The molecular weight excluding hydrogens is 430 g/mol. The van der Waals surface area contributed by atoms with Gasteiger partial charge in [0.1, 0.15) is 0 Å². The van der Waals surface area contributed by atoms with Gasteiger partial charge in [-0.3, -0.25) is 19.3 Å². The Labute approximate surface area is 202 Å². The molecule has 2 amide bonds. The molecule has 4 bridgehead atoms. The topological polar surface area (TPSA) is 79.0 Å². The number of aryl methyl sites for hydroxylation is 2. The average Bonchev–Trinajstić information content (AvgIpc) is 2.79. The Morgan fingerprint density at radius 2 is 1.50 bits per heavy atom. The Hall–Kier alpha value is -2.41. The van der Waals surface area contributed by atoms with E-state index in [-0.39, 0.29) is 29.8 Å².